The molecule has 42 heavy (non-hydrogen) atoms. The molecule has 0 unspecified atom stereocenters. The predicted octanol–water partition coefficient (Wildman–Crippen LogP) is 2.04. The molecule has 0 aliphatic heterocycles. The number of hydrogen-bond acceptors (Lipinski definition) is 1. The maximum Gasteiger partial charge on any atom is 0 e. The number of hydrogen-bond donors (Lipinski definition) is 0. The van der Waals surface area contributed by atoms with Gasteiger partial charge in [0.2, 0.25) is 0 Å². The summed E-state index contributed by atoms with van der Waals surface area (Å²) in [6, 6.07) is 0. The molecular formula is C41H19N. The molecule has 0 aliphatic rings. The van der Waals surface area contributed by atoms with Crippen molar-refractivity contribution in [3.05, 3.63) is 0 Å². The zero-order chi connectivity index (χ0) is 31.0. The second-order valence-electron chi connectivity index (χ2n) is 6.30. The summed E-state index contributed by atoms with van der Waals surface area (Å²) in [5, 5.41) is 0. The maximum absolute atomic E-state index is 2.63. The highest BCUT2D eigenvalue weighted by molar-refractivity contribution is 5.49. The molecule has 1 heteroatoms. The van der Waals surface area contributed by atoms with Crippen LogP contribution < -0.4 is 0 Å². The van der Waals surface area contributed by atoms with Crippen molar-refractivity contribution >= 4 is 0 Å². The van der Waals surface area contributed by atoms with Gasteiger partial charge in [-0.1, -0.05) is 18.8 Å². The number of nitrogens with zero attached hydrogens (tertiary/aromatic N) is 1. The predicted molar refractivity (Wildman–Crippen MR) is 172 cm³/mol. The first kappa shape index (κ1) is 36.6. The summed E-state index contributed by atoms with van der Waals surface area (Å²) in [6.07, 6.45) is 1.26. The van der Waals surface area contributed by atoms with Crippen molar-refractivity contribution in [2.45, 2.75) is 27.2 Å². The van der Waals surface area contributed by atoms with Crippen LogP contribution in [0.3, 0.4) is 0 Å². The van der Waals surface area contributed by atoms with Crippen LogP contribution in [0.4, 0.5) is 0 Å². The minimum absolute atomic E-state index is 1.21. The van der Waals surface area contributed by atoms with Gasteiger partial charge in [0.15, 0.2) is 0 Å². The Kier molecular flexibility index (Phi) is 31.1. The fourth-order valence-electron chi connectivity index (χ4n) is 1.51. The van der Waals surface area contributed by atoms with Gasteiger partial charge in [-0.2, -0.15) is 0 Å². The molecule has 0 atom stereocenters. The molecule has 0 radical (unpaired) electrons. The van der Waals surface area contributed by atoms with Gasteiger partial charge < -0.3 is 4.90 Å². The molecule has 0 bridgehead atoms. The summed E-state index contributed by atoms with van der Waals surface area (Å²) in [5.74, 6) is 85.6. The van der Waals surface area contributed by atoms with Gasteiger partial charge in [0.05, 0.1) is 0 Å². The molecule has 0 aromatic carbocycles. The van der Waals surface area contributed by atoms with Crippen LogP contribution in [0, 0.1) is 201 Å². The Balaban J connectivity index is 0. The highest BCUT2D eigenvalue weighted by Gasteiger charge is 1.79. The van der Waals surface area contributed by atoms with Gasteiger partial charge in [-0.3, -0.25) is 0 Å². The Hall–Kier alpha value is -7.52. The van der Waals surface area contributed by atoms with E-state index >= 15 is 0 Å². The van der Waals surface area contributed by atoms with Crippen LogP contribution in [-0.4, -0.2) is 25.5 Å². The summed E-state index contributed by atoms with van der Waals surface area (Å²) < 4.78 is 0. The molecule has 0 rings (SSSR count). The average molecular weight is 526 g/mol. The SMILES string of the molecule is CC#CC#CC#CC#CC#CC#CC#CC#CC#CC#CC#CC#CC#CC#CC#CC#CC#CC.CCCN(C)C. The Labute approximate surface area is 253 Å². The second-order valence-corrected chi connectivity index (χ2v) is 6.30. The largest absolute Gasteiger partial charge is 0.309 e. The third-order valence-corrected chi connectivity index (χ3v) is 2.86. The Morgan fingerprint density at radius 3 is 0.500 bits per heavy atom. The van der Waals surface area contributed by atoms with E-state index in [1.165, 1.54) is 13.0 Å². The van der Waals surface area contributed by atoms with Crippen LogP contribution in [-0.2, 0) is 0 Å². The lowest BCUT2D eigenvalue weighted by Crippen LogP contribution is -2.11. The highest BCUT2D eigenvalue weighted by atomic mass is 15.0. The molecule has 0 aliphatic carbocycles. The first-order valence-corrected chi connectivity index (χ1v) is 11.7. The van der Waals surface area contributed by atoms with Gasteiger partial charge in [-0.15, -0.1) is 0 Å². The Morgan fingerprint density at radius 2 is 0.429 bits per heavy atom. The van der Waals surface area contributed by atoms with E-state index in [4.69, 9.17) is 0 Å². The quantitative estimate of drug-likeness (QED) is 0.499. The molecule has 0 aromatic rings. The van der Waals surface area contributed by atoms with E-state index in [9.17, 15) is 0 Å². The van der Waals surface area contributed by atoms with Crippen molar-refractivity contribution in [3.63, 3.8) is 0 Å². The summed E-state index contributed by atoms with van der Waals surface area (Å²) >= 11 is 0. The van der Waals surface area contributed by atoms with Gasteiger partial charge in [0.25, 0.3) is 0 Å². The van der Waals surface area contributed by atoms with Crippen molar-refractivity contribution < 1.29 is 0 Å². The molecule has 188 valence electrons. The molecule has 0 fully saturated rings. The average Bonchev–Trinajstić information content (AvgIpc) is 2.98. The standard InChI is InChI=1S/C36H6.C5H13N/c1-3-5-7-9-11-13-15-17-19-21-23-25-27-29-31-33-35-36-34-32-30-28-26-24-22-20-18-16-14-12-10-8-6-4-2;1-4-5-6(2)3/h1-2H3;4-5H2,1-3H3. The molecule has 0 aromatic heterocycles. The normalized spacial score (nSPS) is 4.81. The molecule has 0 saturated heterocycles. The zero-order valence-corrected chi connectivity index (χ0v) is 23.9. The fourth-order valence-corrected chi connectivity index (χ4v) is 1.51. The van der Waals surface area contributed by atoms with E-state index < -0.39 is 0 Å². The van der Waals surface area contributed by atoms with E-state index in [0.29, 0.717) is 0 Å². The molecule has 0 heterocycles. The fraction of sp³-hybridized carbons (Fsp3) is 0.171. The lowest BCUT2D eigenvalue weighted by molar-refractivity contribution is 0.408. The van der Waals surface area contributed by atoms with Crippen molar-refractivity contribution in [2.75, 3.05) is 20.6 Å². The second kappa shape index (κ2) is 35.6. The van der Waals surface area contributed by atoms with Crippen molar-refractivity contribution in [2.24, 2.45) is 0 Å². The van der Waals surface area contributed by atoms with Crippen LogP contribution in [0.2, 0.25) is 0 Å². The van der Waals surface area contributed by atoms with Crippen LogP contribution >= 0.6 is 0 Å². The monoisotopic (exact) mass is 525 g/mol. The van der Waals surface area contributed by atoms with E-state index in [2.05, 4.69) is 227 Å². The third-order valence-electron chi connectivity index (χ3n) is 2.86. The summed E-state index contributed by atoms with van der Waals surface area (Å²) in [6.45, 7) is 6.77. The van der Waals surface area contributed by atoms with E-state index in [1.807, 2.05) is 0 Å². The van der Waals surface area contributed by atoms with Crippen molar-refractivity contribution in [1.29, 1.82) is 0 Å². The molecular weight excluding hydrogens is 506 g/mol. The van der Waals surface area contributed by atoms with Crippen molar-refractivity contribution in [3.8, 4) is 201 Å². The van der Waals surface area contributed by atoms with Gasteiger partial charge in [0.1, 0.15) is 0 Å². The minimum atomic E-state index is 1.21. The Bertz CT molecular complexity index is 1920. The van der Waals surface area contributed by atoms with Crippen LogP contribution in [0.5, 0.6) is 0 Å². The summed E-state index contributed by atoms with van der Waals surface area (Å²) in [7, 11) is 4.17. The topological polar surface area (TPSA) is 3.24 Å². The van der Waals surface area contributed by atoms with Gasteiger partial charge in [0, 0.05) is 94.7 Å². The summed E-state index contributed by atoms with van der Waals surface area (Å²) in [5.41, 5.74) is 0. The zero-order valence-electron chi connectivity index (χ0n) is 23.9. The molecule has 0 amide bonds. The lowest BCUT2D eigenvalue weighted by Gasteiger charge is -2.03. The molecule has 0 saturated carbocycles. The van der Waals surface area contributed by atoms with Crippen LogP contribution in [0.15, 0.2) is 0 Å². The molecule has 0 spiro atoms. The van der Waals surface area contributed by atoms with Crippen LogP contribution in [0.1, 0.15) is 27.2 Å². The highest BCUT2D eigenvalue weighted by Crippen LogP contribution is 1.76. The Morgan fingerprint density at radius 1 is 0.286 bits per heavy atom. The van der Waals surface area contributed by atoms with Gasteiger partial charge in [-0.25, -0.2) is 0 Å². The minimum Gasteiger partial charge on any atom is -0.309 e. The summed E-state index contributed by atoms with van der Waals surface area (Å²) in [4.78, 5) is 2.18. The van der Waals surface area contributed by atoms with E-state index in [-0.39, 0.29) is 0 Å². The third kappa shape index (κ3) is 39.7. The van der Waals surface area contributed by atoms with E-state index in [1.54, 1.807) is 13.8 Å². The maximum atomic E-state index is 2.63. The van der Waals surface area contributed by atoms with Gasteiger partial charge >= 0.3 is 0 Å². The van der Waals surface area contributed by atoms with Crippen LogP contribution in [0.25, 0.3) is 0 Å². The van der Waals surface area contributed by atoms with Crippen molar-refractivity contribution in [1.82, 2.24) is 4.90 Å². The number of rotatable bonds is 2. The first-order valence-electron chi connectivity index (χ1n) is 11.7. The lowest BCUT2D eigenvalue weighted by atomic mass is 10.4. The molecule has 1 nitrogen and oxygen atoms in total. The van der Waals surface area contributed by atoms with E-state index in [0.717, 1.165) is 0 Å². The molecule has 0 N–H and O–H groups in total. The van der Waals surface area contributed by atoms with Gasteiger partial charge in [-0.05, 0) is 136 Å². The first-order chi connectivity index (χ1) is 20.7. The smallest absolute Gasteiger partial charge is 0 e.